The molecule has 0 aliphatic rings. The number of nitro benzene ring substituents is 1. The Hall–Kier alpha value is -4.52. The number of nitrogens with zero attached hydrogens (tertiary/aromatic N) is 3. The Kier molecular flexibility index (Phi) is 6.17. The van der Waals surface area contributed by atoms with Gasteiger partial charge < -0.3 is 5.32 Å². The molecule has 0 unspecified atom stereocenters. The molecule has 0 saturated heterocycles. The first-order valence-corrected chi connectivity index (χ1v) is 10.00. The Morgan fingerprint density at radius 2 is 1.72 bits per heavy atom. The summed E-state index contributed by atoms with van der Waals surface area (Å²) in [5.74, 6) is -0.303. The maximum atomic E-state index is 12.4. The van der Waals surface area contributed by atoms with Crippen LogP contribution in [0.3, 0.4) is 0 Å². The van der Waals surface area contributed by atoms with Crippen molar-refractivity contribution in [2.24, 2.45) is 0 Å². The average Bonchev–Trinajstić information content (AvgIpc) is 3.27. The molecule has 158 valence electrons. The number of non-ortho nitro benzene ring substituents is 1. The molecule has 0 fully saturated rings. The number of rotatable bonds is 7. The molecule has 32 heavy (non-hydrogen) atoms. The van der Waals surface area contributed by atoms with E-state index in [1.165, 1.54) is 18.2 Å². The van der Waals surface area contributed by atoms with Gasteiger partial charge in [0.15, 0.2) is 0 Å². The summed E-state index contributed by atoms with van der Waals surface area (Å²) in [4.78, 5) is 22.8. The Morgan fingerprint density at radius 1 is 1.00 bits per heavy atom. The van der Waals surface area contributed by atoms with Crippen LogP contribution in [0.25, 0.3) is 23.0 Å². The van der Waals surface area contributed by atoms with Crippen molar-refractivity contribution in [2.45, 2.75) is 6.54 Å². The highest BCUT2D eigenvalue weighted by Crippen LogP contribution is 2.23. The minimum absolute atomic E-state index is 0.0200. The van der Waals surface area contributed by atoms with Gasteiger partial charge in [0.1, 0.15) is 0 Å². The minimum atomic E-state index is -0.465. The Labute approximate surface area is 184 Å². The van der Waals surface area contributed by atoms with Crippen LogP contribution in [-0.2, 0) is 11.3 Å². The molecule has 1 N–H and O–H groups in total. The highest BCUT2D eigenvalue weighted by atomic mass is 16.6. The number of benzene rings is 3. The predicted molar refractivity (Wildman–Crippen MR) is 123 cm³/mol. The van der Waals surface area contributed by atoms with Crippen molar-refractivity contribution in [3.8, 4) is 16.9 Å². The topological polar surface area (TPSA) is 90.1 Å². The van der Waals surface area contributed by atoms with Gasteiger partial charge in [0, 0.05) is 42.1 Å². The number of nitro groups is 1. The highest BCUT2D eigenvalue weighted by molar-refractivity contribution is 5.91. The first-order valence-electron chi connectivity index (χ1n) is 10.00. The van der Waals surface area contributed by atoms with E-state index in [9.17, 15) is 14.9 Å². The fourth-order valence-electron chi connectivity index (χ4n) is 3.25. The number of para-hydroxylation sites is 1. The number of nitrogens with one attached hydrogen (secondary N) is 1. The maximum Gasteiger partial charge on any atom is 0.270 e. The molecule has 1 aromatic heterocycles. The van der Waals surface area contributed by atoms with Crippen LogP contribution in [0.2, 0.25) is 0 Å². The van der Waals surface area contributed by atoms with E-state index in [1.807, 2.05) is 66.9 Å². The third kappa shape index (κ3) is 4.96. The molecule has 0 radical (unpaired) electrons. The van der Waals surface area contributed by atoms with Gasteiger partial charge in [-0.25, -0.2) is 4.68 Å². The number of hydrogen-bond donors (Lipinski definition) is 1. The summed E-state index contributed by atoms with van der Waals surface area (Å²) in [5.41, 5.74) is 4.10. The zero-order chi connectivity index (χ0) is 22.3. The maximum absolute atomic E-state index is 12.4. The van der Waals surface area contributed by atoms with Crippen molar-refractivity contribution in [1.29, 1.82) is 0 Å². The zero-order valence-electron chi connectivity index (χ0n) is 17.1. The van der Waals surface area contributed by atoms with Gasteiger partial charge in [-0.2, -0.15) is 5.10 Å². The lowest BCUT2D eigenvalue weighted by Crippen LogP contribution is -2.20. The van der Waals surface area contributed by atoms with Gasteiger partial charge in [0.25, 0.3) is 5.69 Å². The van der Waals surface area contributed by atoms with Crippen LogP contribution < -0.4 is 5.32 Å². The molecule has 7 heteroatoms. The summed E-state index contributed by atoms with van der Waals surface area (Å²) in [6.07, 6.45) is 4.82. The van der Waals surface area contributed by atoms with Gasteiger partial charge >= 0.3 is 0 Å². The van der Waals surface area contributed by atoms with E-state index in [4.69, 9.17) is 5.10 Å². The summed E-state index contributed by atoms with van der Waals surface area (Å²) in [6.45, 7) is 0.287. The summed E-state index contributed by atoms with van der Waals surface area (Å²) in [5, 5.41) is 18.5. The lowest BCUT2D eigenvalue weighted by atomic mass is 10.1. The molecule has 4 aromatic rings. The minimum Gasteiger partial charge on any atom is -0.348 e. The van der Waals surface area contributed by atoms with E-state index in [2.05, 4.69) is 5.32 Å². The third-order valence-electron chi connectivity index (χ3n) is 4.82. The summed E-state index contributed by atoms with van der Waals surface area (Å²) in [7, 11) is 0. The van der Waals surface area contributed by atoms with Crippen molar-refractivity contribution in [3.05, 3.63) is 118 Å². The molecule has 7 nitrogen and oxygen atoms in total. The van der Waals surface area contributed by atoms with Gasteiger partial charge in [0.2, 0.25) is 5.91 Å². The van der Waals surface area contributed by atoms with E-state index in [-0.39, 0.29) is 18.1 Å². The van der Waals surface area contributed by atoms with Crippen LogP contribution in [0.5, 0.6) is 0 Å². The van der Waals surface area contributed by atoms with Crippen LogP contribution >= 0.6 is 0 Å². The number of carbonyl (C=O) groups excluding carboxylic acids is 1. The fourth-order valence-corrected chi connectivity index (χ4v) is 3.25. The first kappa shape index (κ1) is 20.7. The molecule has 0 atom stereocenters. The molecule has 3 aromatic carbocycles. The summed E-state index contributed by atoms with van der Waals surface area (Å²) >= 11 is 0. The number of amides is 1. The van der Waals surface area contributed by atoms with E-state index in [0.717, 1.165) is 22.5 Å². The molecule has 1 amide bonds. The normalized spacial score (nSPS) is 10.9. The van der Waals surface area contributed by atoms with E-state index in [0.29, 0.717) is 5.56 Å². The van der Waals surface area contributed by atoms with Crippen molar-refractivity contribution >= 4 is 17.7 Å². The Morgan fingerprint density at radius 3 is 2.44 bits per heavy atom. The smallest absolute Gasteiger partial charge is 0.270 e. The molecule has 4 rings (SSSR count). The number of aromatic nitrogens is 2. The van der Waals surface area contributed by atoms with Crippen LogP contribution in [0.1, 0.15) is 11.1 Å². The van der Waals surface area contributed by atoms with Gasteiger partial charge in [-0.1, -0.05) is 60.7 Å². The quantitative estimate of drug-likeness (QED) is 0.263. The largest absolute Gasteiger partial charge is 0.348 e. The highest BCUT2D eigenvalue weighted by Gasteiger charge is 2.13. The standard InChI is InChI=1S/C25H20N4O3/c30-24(15-14-19-8-7-13-23(16-19)29(31)32)26-17-21-18-28(22-11-5-2-6-12-22)27-25(21)20-9-3-1-4-10-20/h1-16,18H,17H2,(H,26,30)/b15-14+. The van der Waals surface area contributed by atoms with Crippen molar-refractivity contribution in [3.63, 3.8) is 0 Å². The van der Waals surface area contributed by atoms with Gasteiger partial charge in [-0.15, -0.1) is 0 Å². The van der Waals surface area contributed by atoms with Gasteiger partial charge in [-0.05, 0) is 23.8 Å². The molecule has 0 bridgehead atoms. The van der Waals surface area contributed by atoms with Crippen LogP contribution in [-0.4, -0.2) is 20.6 Å². The van der Waals surface area contributed by atoms with E-state index >= 15 is 0 Å². The number of hydrogen-bond acceptors (Lipinski definition) is 4. The average molecular weight is 424 g/mol. The second kappa shape index (κ2) is 9.53. The molecule has 0 aliphatic heterocycles. The SMILES string of the molecule is O=C(/C=C/c1cccc([N+](=O)[O-])c1)NCc1cn(-c2ccccc2)nc1-c1ccccc1. The van der Waals surface area contributed by atoms with Crippen LogP contribution in [0, 0.1) is 10.1 Å². The second-order valence-corrected chi connectivity index (χ2v) is 7.05. The molecular weight excluding hydrogens is 404 g/mol. The van der Waals surface area contributed by atoms with Crippen molar-refractivity contribution in [1.82, 2.24) is 15.1 Å². The Balaban J connectivity index is 1.52. The van der Waals surface area contributed by atoms with Crippen molar-refractivity contribution in [2.75, 3.05) is 0 Å². The predicted octanol–water partition coefficient (Wildman–Crippen LogP) is 4.78. The molecular formula is C25H20N4O3. The fraction of sp³-hybridized carbons (Fsp3) is 0.0400. The molecule has 0 spiro atoms. The summed E-state index contributed by atoms with van der Waals surface area (Å²) < 4.78 is 1.79. The molecule has 1 heterocycles. The van der Waals surface area contributed by atoms with E-state index in [1.54, 1.807) is 22.9 Å². The second-order valence-electron chi connectivity index (χ2n) is 7.05. The van der Waals surface area contributed by atoms with E-state index < -0.39 is 4.92 Å². The Bertz CT molecular complexity index is 1260. The van der Waals surface area contributed by atoms with Crippen LogP contribution in [0.4, 0.5) is 5.69 Å². The monoisotopic (exact) mass is 424 g/mol. The third-order valence-corrected chi connectivity index (χ3v) is 4.82. The molecule has 0 saturated carbocycles. The lowest BCUT2D eigenvalue weighted by Gasteiger charge is -2.03. The molecule has 0 aliphatic carbocycles. The van der Waals surface area contributed by atoms with Crippen LogP contribution in [0.15, 0.2) is 97.2 Å². The number of carbonyl (C=O) groups is 1. The summed E-state index contributed by atoms with van der Waals surface area (Å²) in [6, 6.07) is 25.7. The zero-order valence-corrected chi connectivity index (χ0v) is 17.1. The van der Waals surface area contributed by atoms with Crippen molar-refractivity contribution < 1.29 is 9.72 Å². The van der Waals surface area contributed by atoms with Gasteiger partial charge in [0.05, 0.1) is 16.3 Å². The first-order chi connectivity index (χ1) is 15.6. The van der Waals surface area contributed by atoms with Gasteiger partial charge in [-0.3, -0.25) is 14.9 Å². The lowest BCUT2D eigenvalue weighted by molar-refractivity contribution is -0.384.